The number of nitrogens with zero attached hydrogens (tertiary/aromatic N) is 3. The molecule has 0 bridgehead atoms. The number of anilines is 1. The van der Waals surface area contributed by atoms with Crippen LogP contribution in [0.2, 0.25) is 4.34 Å². The number of rotatable bonds is 6. The highest BCUT2D eigenvalue weighted by Gasteiger charge is 2.14. The predicted molar refractivity (Wildman–Crippen MR) is 141 cm³/mol. The molecule has 0 saturated heterocycles. The minimum atomic E-state index is 0.486. The molecular weight excluding hydrogens is 450 g/mol. The van der Waals surface area contributed by atoms with E-state index in [1.807, 2.05) is 56.5 Å². The molecule has 33 heavy (non-hydrogen) atoms. The van der Waals surface area contributed by atoms with Crippen LogP contribution in [0.25, 0.3) is 27.0 Å². The summed E-state index contributed by atoms with van der Waals surface area (Å²) < 4.78 is 0.733. The summed E-state index contributed by atoms with van der Waals surface area (Å²) in [5.41, 5.74) is 13.3. The van der Waals surface area contributed by atoms with Crippen LogP contribution in [0.4, 0.5) is 5.69 Å². The summed E-state index contributed by atoms with van der Waals surface area (Å²) in [5, 5.41) is 0. The molecule has 4 heterocycles. The number of thiophene rings is 1. The zero-order chi connectivity index (χ0) is 24.0. The second kappa shape index (κ2) is 10.8. The number of aromatic amines is 1. The number of hydrogen-bond acceptors (Lipinski definition) is 5. The van der Waals surface area contributed by atoms with E-state index in [-0.39, 0.29) is 0 Å². The zero-order valence-electron chi connectivity index (χ0n) is 18.5. The van der Waals surface area contributed by atoms with Crippen molar-refractivity contribution in [3.05, 3.63) is 88.6 Å². The number of terminal acetylenes is 1. The summed E-state index contributed by atoms with van der Waals surface area (Å²) in [6, 6.07) is 7.69. The third kappa shape index (κ3) is 5.40. The fraction of sp³-hybridized carbons (Fsp3) is 0.115. The van der Waals surface area contributed by atoms with Gasteiger partial charge in [0.15, 0.2) is 0 Å². The van der Waals surface area contributed by atoms with E-state index < -0.39 is 0 Å². The van der Waals surface area contributed by atoms with Crippen LogP contribution in [0.5, 0.6) is 0 Å². The number of imidazole rings is 1. The topological polar surface area (TPSA) is 80.5 Å². The van der Waals surface area contributed by atoms with Gasteiger partial charge in [0.1, 0.15) is 11.3 Å². The molecule has 4 aromatic rings. The minimum Gasteiger partial charge on any atom is -0.397 e. The van der Waals surface area contributed by atoms with Crippen molar-refractivity contribution in [3.8, 4) is 23.3 Å². The maximum absolute atomic E-state index is 6.24. The molecule has 0 fully saturated rings. The molecule has 0 aromatic carbocycles. The monoisotopic (exact) mass is 473 g/mol. The second-order valence-corrected chi connectivity index (χ2v) is 8.83. The average Bonchev–Trinajstić information content (AvgIpc) is 3.45. The van der Waals surface area contributed by atoms with Crippen molar-refractivity contribution in [1.29, 1.82) is 0 Å². The van der Waals surface area contributed by atoms with E-state index in [4.69, 9.17) is 27.3 Å². The van der Waals surface area contributed by atoms with Gasteiger partial charge >= 0.3 is 0 Å². The Morgan fingerprint density at radius 3 is 2.67 bits per heavy atom. The third-order valence-corrected chi connectivity index (χ3v) is 6.20. The van der Waals surface area contributed by atoms with Crippen molar-refractivity contribution in [1.82, 2.24) is 19.9 Å². The van der Waals surface area contributed by atoms with Gasteiger partial charge in [0.2, 0.25) is 0 Å². The van der Waals surface area contributed by atoms with E-state index in [0.29, 0.717) is 12.1 Å². The maximum atomic E-state index is 6.24. The minimum absolute atomic E-state index is 0.486. The lowest BCUT2D eigenvalue weighted by Crippen LogP contribution is -2.03. The number of fused-ring (bicyclic) bond motifs is 1. The fourth-order valence-corrected chi connectivity index (χ4v) is 4.34. The summed E-state index contributed by atoms with van der Waals surface area (Å²) in [7, 11) is 0. The van der Waals surface area contributed by atoms with E-state index in [0.717, 1.165) is 54.2 Å². The van der Waals surface area contributed by atoms with Crippen LogP contribution < -0.4 is 5.73 Å². The van der Waals surface area contributed by atoms with Crippen LogP contribution in [0.15, 0.2) is 67.0 Å². The number of allylic oxidation sites excluding steroid dienone is 5. The Hall–Kier alpha value is -3.66. The molecule has 166 valence electrons. The smallest absolute Gasteiger partial charge is 0.113 e. The van der Waals surface area contributed by atoms with Gasteiger partial charge < -0.3 is 10.7 Å². The first-order valence-electron chi connectivity index (χ1n) is 10.1. The molecule has 0 spiro atoms. The highest BCUT2D eigenvalue weighted by Crippen LogP contribution is 2.34. The summed E-state index contributed by atoms with van der Waals surface area (Å²) in [5.74, 6) is 0.781. The molecular formula is C26H24ClN5S. The van der Waals surface area contributed by atoms with E-state index >= 15 is 0 Å². The number of halogens is 1. The van der Waals surface area contributed by atoms with Crippen LogP contribution in [-0.2, 0) is 6.42 Å². The summed E-state index contributed by atoms with van der Waals surface area (Å²) in [6.45, 7) is 7.82. The van der Waals surface area contributed by atoms with E-state index in [2.05, 4.69) is 35.5 Å². The van der Waals surface area contributed by atoms with Crippen molar-refractivity contribution in [2.75, 3.05) is 5.73 Å². The van der Waals surface area contributed by atoms with E-state index in [1.165, 1.54) is 11.3 Å². The number of aromatic nitrogens is 4. The Morgan fingerprint density at radius 2 is 2.00 bits per heavy atom. The molecule has 0 aliphatic heterocycles. The second-order valence-electron chi connectivity index (χ2n) is 7.12. The summed E-state index contributed by atoms with van der Waals surface area (Å²) in [6.07, 6.45) is 18.0. The highest BCUT2D eigenvalue weighted by atomic mass is 35.5. The number of nitrogen functional groups attached to an aromatic ring is 1. The Kier molecular flexibility index (Phi) is 7.83. The van der Waals surface area contributed by atoms with Gasteiger partial charge in [-0.15, -0.1) is 24.2 Å². The van der Waals surface area contributed by atoms with Crippen molar-refractivity contribution >= 4 is 45.2 Å². The maximum Gasteiger partial charge on any atom is 0.113 e. The molecule has 0 radical (unpaired) electrons. The van der Waals surface area contributed by atoms with Crippen LogP contribution >= 0.6 is 22.9 Å². The lowest BCUT2D eigenvalue weighted by molar-refractivity contribution is 0.983. The fourth-order valence-electron chi connectivity index (χ4n) is 3.29. The van der Waals surface area contributed by atoms with Gasteiger partial charge in [-0.05, 0) is 43.7 Å². The number of H-pyrrole nitrogens is 1. The van der Waals surface area contributed by atoms with Gasteiger partial charge in [0, 0.05) is 16.6 Å². The molecule has 0 aliphatic rings. The Bertz CT molecular complexity index is 1370. The van der Waals surface area contributed by atoms with Crippen molar-refractivity contribution in [2.45, 2.75) is 20.3 Å². The quantitative estimate of drug-likeness (QED) is 0.241. The highest BCUT2D eigenvalue weighted by molar-refractivity contribution is 7.19. The summed E-state index contributed by atoms with van der Waals surface area (Å²) >= 11 is 7.62. The van der Waals surface area contributed by atoms with Gasteiger partial charge in [-0.2, -0.15) is 0 Å². The first-order chi connectivity index (χ1) is 16.0. The van der Waals surface area contributed by atoms with Gasteiger partial charge in [-0.3, -0.25) is 9.97 Å². The van der Waals surface area contributed by atoms with Gasteiger partial charge in [0.05, 0.1) is 39.5 Å². The van der Waals surface area contributed by atoms with Crippen molar-refractivity contribution in [2.24, 2.45) is 0 Å². The first kappa shape index (κ1) is 24.0. The molecule has 0 amide bonds. The molecule has 4 aromatic heterocycles. The average molecular weight is 474 g/mol. The molecule has 3 N–H and O–H groups in total. The molecule has 0 atom stereocenters. The molecule has 5 nitrogen and oxygen atoms in total. The molecule has 0 aliphatic carbocycles. The van der Waals surface area contributed by atoms with Crippen molar-refractivity contribution < 1.29 is 0 Å². The molecule has 4 rings (SSSR count). The molecule has 7 heteroatoms. The standard InChI is InChI=1S/C24H22ClN5S.C2H2/c1-4-14(3)10-15(5-2)18-7-6-17(26)19(28-18)11-23-29-20-13-27-12-16(24(20)30-23)21-8-9-22(25)31-21;1-2/h4-10,12-13H,1,11,26H2,2-3H3,(H,29,30);1-2H/b14-10-,15-5+;. The van der Waals surface area contributed by atoms with E-state index in [1.54, 1.807) is 6.20 Å². The number of nitrogens with one attached hydrogen (secondary N) is 1. The molecule has 0 unspecified atom stereocenters. The number of hydrogen-bond donors (Lipinski definition) is 2. The van der Waals surface area contributed by atoms with Crippen LogP contribution in [0, 0.1) is 12.8 Å². The Balaban J connectivity index is 0.00000149. The van der Waals surface area contributed by atoms with Crippen LogP contribution in [0.1, 0.15) is 31.1 Å². The Morgan fingerprint density at radius 1 is 1.21 bits per heavy atom. The number of nitrogens with two attached hydrogens (primary N) is 1. The van der Waals surface area contributed by atoms with Gasteiger partial charge in [0.25, 0.3) is 0 Å². The zero-order valence-corrected chi connectivity index (χ0v) is 20.0. The van der Waals surface area contributed by atoms with Gasteiger partial charge in [-0.1, -0.05) is 42.0 Å². The van der Waals surface area contributed by atoms with Gasteiger partial charge in [-0.25, -0.2) is 4.98 Å². The largest absolute Gasteiger partial charge is 0.397 e. The predicted octanol–water partition coefficient (Wildman–Crippen LogP) is 6.69. The third-order valence-electron chi connectivity index (χ3n) is 4.94. The summed E-state index contributed by atoms with van der Waals surface area (Å²) in [4.78, 5) is 18.4. The van der Waals surface area contributed by atoms with Crippen molar-refractivity contribution in [3.63, 3.8) is 0 Å². The van der Waals surface area contributed by atoms with Crippen LogP contribution in [0.3, 0.4) is 0 Å². The first-order valence-corrected chi connectivity index (χ1v) is 11.3. The normalized spacial score (nSPS) is 11.8. The lowest BCUT2D eigenvalue weighted by atomic mass is 10.1. The Labute approximate surface area is 202 Å². The van der Waals surface area contributed by atoms with Crippen LogP contribution in [-0.4, -0.2) is 19.9 Å². The van der Waals surface area contributed by atoms with E-state index in [9.17, 15) is 0 Å². The SMILES string of the molecule is C#C.C=C/C(C)=C\C(=C/C)c1ccc(N)c(Cc2nc3c(-c4ccc(Cl)s4)cncc3[nH]2)n1. The number of pyridine rings is 2. The lowest BCUT2D eigenvalue weighted by Gasteiger charge is -2.08. The molecule has 0 saturated carbocycles.